The van der Waals surface area contributed by atoms with E-state index in [0.29, 0.717) is 13.2 Å². The van der Waals surface area contributed by atoms with E-state index >= 15 is 0 Å². The van der Waals surface area contributed by atoms with Crippen LogP contribution >= 0.6 is 0 Å². The third-order valence-electron chi connectivity index (χ3n) is 3.58. The summed E-state index contributed by atoms with van der Waals surface area (Å²) in [6.07, 6.45) is -0.506. The molecule has 0 bridgehead atoms. The Kier molecular flexibility index (Phi) is 6.46. The molecule has 1 aromatic rings. The van der Waals surface area contributed by atoms with Gasteiger partial charge in [-0.15, -0.1) is 0 Å². The van der Waals surface area contributed by atoms with Crippen LogP contribution in [0.25, 0.3) is 0 Å². The molecule has 0 aromatic heterocycles. The van der Waals surface area contributed by atoms with Gasteiger partial charge in [0, 0.05) is 18.6 Å². The van der Waals surface area contributed by atoms with Gasteiger partial charge in [-0.1, -0.05) is 12.1 Å². The van der Waals surface area contributed by atoms with Crippen LogP contribution in [0.4, 0.5) is 0 Å². The minimum Gasteiger partial charge on any atom is -0.491 e. The summed E-state index contributed by atoms with van der Waals surface area (Å²) in [5.74, 6) is 0.803. The number of rotatable bonds is 8. The van der Waals surface area contributed by atoms with Gasteiger partial charge in [0.2, 0.25) is 0 Å². The van der Waals surface area contributed by atoms with Crippen molar-refractivity contribution in [1.82, 2.24) is 10.2 Å². The highest BCUT2D eigenvalue weighted by Crippen LogP contribution is 2.12. The van der Waals surface area contributed by atoms with Crippen molar-refractivity contribution in [3.8, 4) is 5.75 Å². The van der Waals surface area contributed by atoms with Gasteiger partial charge in [0.25, 0.3) is 0 Å². The Balaban J connectivity index is 2.26. The van der Waals surface area contributed by atoms with Gasteiger partial charge in [0.05, 0.1) is 0 Å². The monoisotopic (exact) mass is 280 g/mol. The lowest BCUT2D eigenvalue weighted by Gasteiger charge is -2.33. The summed E-state index contributed by atoms with van der Waals surface area (Å²) in [7, 11) is 4.11. The Bertz CT molecular complexity index is 405. The van der Waals surface area contributed by atoms with E-state index in [-0.39, 0.29) is 5.54 Å². The van der Waals surface area contributed by atoms with Gasteiger partial charge in [-0.05, 0) is 52.6 Å². The predicted octanol–water partition coefficient (Wildman–Crippen LogP) is 1.66. The number of likely N-dealkylation sites (N-methyl/N-ethyl adjacent to an activating group) is 1. The van der Waals surface area contributed by atoms with Gasteiger partial charge in [-0.3, -0.25) is 0 Å². The van der Waals surface area contributed by atoms with Crippen molar-refractivity contribution in [3.63, 3.8) is 0 Å². The largest absolute Gasteiger partial charge is 0.491 e. The summed E-state index contributed by atoms with van der Waals surface area (Å²) in [4.78, 5) is 2.16. The van der Waals surface area contributed by atoms with Gasteiger partial charge >= 0.3 is 0 Å². The summed E-state index contributed by atoms with van der Waals surface area (Å²) < 4.78 is 5.58. The smallest absolute Gasteiger partial charge is 0.119 e. The molecule has 0 saturated heterocycles. The van der Waals surface area contributed by atoms with Crippen molar-refractivity contribution >= 4 is 0 Å². The maximum absolute atomic E-state index is 9.91. The van der Waals surface area contributed by atoms with E-state index in [9.17, 15) is 5.11 Å². The quantitative estimate of drug-likeness (QED) is 0.760. The van der Waals surface area contributed by atoms with E-state index in [1.165, 1.54) is 0 Å². The van der Waals surface area contributed by atoms with Crippen LogP contribution in [0.5, 0.6) is 5.75 Å². The molecular weight excluding hydrogens is 252 g/mol. The average Bonchev–Trinajstić information content (AvgIpc) is 2.36. The Morgan fingerprint density at radius 1 is 1.35 bits per heavy atom. The van der Waals surface area contributed by atoms with Crippen LogP contribution in [-0.2, 0) is 0 Å². The number of benzene rings is 1. The number of ether oxygens (including phenoxy) is 1. The van der Waals surface area contributed by atoms with Crippen LogP contribution in [0, 0.1) is 6.92 Å². The first-order valence-corrected chi connectivity index (χ1v) is 7.07. The molecule has 0 spiro atoms. The molecule has 2 N–H and O–H groups in total. The van der Waals surface area contributed by atoms with Crippen molar-refractivity contribution in [3.05, 3.63) is 29.8 Å². The molecule has 4 heteroatoms. The lowest BCUT2D eigenvalue weighted by Crippen LogP contribution is -2.48. The number of hydrogen-bond donors (Lipinski definition) is 2. The summed E-state index contributed by atoms with van der Waals surface area (Å²) in [5, 5.41) is 13.2. The standard InChI is InChI=1S/C16H28N2O2/c1-13-7-6-8-15(9-13)20-11-14(19)10-17-12-16(2,3)18(4)5/h6-9,14,17,19H,10-12H2,1-5H3. The van der Waals surface area contributed by atoms with E-state index < -0.39 is 6.10 Å². The molecule has 20 heavy (non-hydrogen) atoms. The second kappa shape index (κ2) is 7.62. The maximum atomic E-state index is 9.91. The first kappa shape index (κ1) is 17.0. The van der Waals surface area contributed by atoms with E-state index in [1.54, 1.807) is 0 Å². The van der Waals surface area contributed by atoms with Crippen LogP contribution in [0.1, 0.15) is 19.4 Å². The molecule has 1 aromatic carbocycles. The zero-order valence-electron chi connectivity index (χ0n) is 13.3. The minimum absolute atomic E-state index is 0.0666. The van der Waals surface area contributed by atoms with Crippen LogP contribution in [0.15, 0.2) is 24.3 Å². The third-order valence-corrected chi connectivity index (χ3v) is 3.58. The van der Waals surface area contributed by atoms with Crippen molar-refractivity contribution in [2.24, 2.45) is 0 Å². The van der Waals surface area contributed by atoms with Gasteiger partial charge in [-0.25, -0.2) is 0 Å². The molecule has 0 radical (unpaired) electrons. The van der Waals surface area contributed by atoms with Crippen molar-refractivity contribution < 1.29 is 9.84 Å². The van der Waals surface area contributed by atoms with Crippen molar-refractivity contribution in [2.75, 3.05) is 33.8 Å². The molecular formula is C16H28N2O2. The molecule has 0 saturated carbocycles. The number of aryl methyl sites for hydroxylation is 1. The zero-order chi connectivity index (χ0) is 15.2. The van der Waals surface area contributed by atoms with Gasteiger partial charge in [0.1, 0.15) is 18.5 Å². The molecule has 0 aliphatic carbocycles. The molecule has 114 valence electrons. The van der Waals surface area contributed by atoms with Crippen LogP contribution < -0.4 is 10.1 Å². The molecule has 0 aliphatic heterocycles. The fraction of sp³-hybridized carbons (Fsp3) is 0.625. The van der Waals surface area contributed by atoms with E-state index in [4.69, 9.17) is 4.74 Å². The van der Waals surface area contributed by atoms with Crippen LogP contribution in [-0.4, -0.2) is 55.4 Å². The van der Waals surface area contributed by atoms with Crippen molar-refractivity contribution in [1.29, 1.82) is 0 Å². The van der Waals surface area contributed by atoms with E-state index in [0.717, 1.165) is 17.9 Å². The second-order valence-electron chi connectivity index (χ2n) is 6.12. The molecule has 4 nitrogen and oxygen atoms in total. The first-order valence-electron chi connectivity index (χ1n) is 7.07. The fourth-order valence-corrected chi connectivity index (χ4v) is 1.66. The molecule has 1 rings (SSSR count). The number of hydrogen-bond acceptors (Lipinski definition) is 4. The van der Waals surface area contributed by atoms with Crippen molar-refractivity contribution in [2.45, 2.75) is 32.4 Å². The first-order chi connectivity index (χ1) is 9.31. The van der Waals surface area contributed by atoms with Gasteiger partial charge in [-0.2, -0.15) is 0 Å². The number of aliphatic hydroxyl groups excluding tert-OH is 1. The minimum atomic E-state index is -0.506. The summed E-state index contributed by atoms with van der Waals surface area (Å²) in [6, 6.07) is 7.85. The summed E-state index contributed by atoms with van der Waals surface area (Å²) >= 11 is 0. The molecule has 0 heterocycles. The molecule has 0 amide bonds. The SMILES string of the molecule is Cc1cccc(OCC(O)CNCC(C)(C)N(C)C)c1. The highest BCUT2D eigenvalue weighted by atomic mass is 16.5. The number of aliphatic hydroxyl groups is 1. The summed E-state index contributed by atoms with van der Waals surface area (Å²) in [5.41, 5.74) is 1.22. The van der Waals surface area contributed by atoms with E-state index in [2.05, 4.69) is 38.2 Å². The molecule has 1 unspecified atom stereocenters. The molecule has 0 aliphatic rings. The maximum Gasteiger partial charge on any atom is 0.119 e. The highest BCUT2D eigenvalue weighted by molar-refractivity contribution is 5.27. The van der Waals surface area contributed by atoms with Crippen LogP contribution in [0.2, 0.25) is 0 Å². The Hall–Kier alpha value is -1.10. The third kappa shape index (κ3) is 5.90. The topological polar surface area (TPSA) is 44.7 Å². The van der Waals surface area contributed by atoms with Crippen LogP contribution in [0.3, 0.4) is 0 Å². The van der Waals surface area contributed by atoms with Gasteiger partial charge in [0.15, 0.2) is 0 Å². The number of nitrogens with zero attached hydrogens (tertiary/aromatic N) is 1. The summed E-state index contributed by atoms with van der Waals surface area (Å²) in [6.45, 7) is 8.00. The highest BCUT2D eigenvalue weighted by Gasteiger charge is 2.20. The van der Waals surface area contributed by atoms with Gasteiger partial charge < -0.3 is 20.1 Å². The Labute approximate surface area is 122 Å². The Morgan fingerprint density at radius 2 is 2.05 bits per heavy atom. The fourth-order valence-electron chi connectivity index (χ4n) is 1.66. The molecule has 1 atom stereocenters. The zero-order valence-corrected chi connectivity index (χ0v) is 13.3. The lowest BCUT2D eigenvalue weighted by atomic mass is 10.0. The second-order valence-corrected chi connectivity index (χ2v) is 6.12. The Morgan fingerprint density at radius 3 is 2.65 bits per heavy atom. The lowest BCUT2D eigenvalue weighted by molar-refractivity contribution is 0.100. The predicted molar refractivity (Wildman–Crippen MR) is 83.3 cm³/mol. The normalized spacial score (nSPS) is 13.6. The number of nitrogens with one attached hydrogen (secondary N) is 1. The average molecular weight is 280 g/mol. The molecule has 0 fully saturated rings. The van der Waals surface area contributed by atoms with E-state index in [1.807, 2.05) is 31.2 Å².